The third kappa shape index (κ3) is 3.35. The predicted octanol–water partition coefficient (Wildman–Crippen LogP) is 0.0848. The van der Waals surface area contributed by atoms with Gasteiger partial charge in [0, 0.05) is 57.9 Å². The first-order chi connectivity index (χ1) is 12.2. The highest BCUT2D eigenvalue weighted by molar-refractivity contribution is 5.75. The Morgan fingerprint density at radius 3 is 2.36 bits per heavy atom. The van der Waals surface area contributed by atoms with Crippen LogP contribution in [-0.4, -0.2) is 78.2 Å². The molecule has 1 aliphatic carbocycles. The van der Waals surface area contributed by atoms with Crippen LogP contribution < -0.4 is 16.0 Å². The van der Waals surface area contributed by atoms with Crippen molar-refractivity contribution in [1.29, 1.82) is 0 Å². The average Bonchev–Trinajstić information content (AvgIpc) is 2.67. The minimum Gasteiger partial charge on any atom is -0.368 e. The van der Waals surface area contributed by atoms with Gasteiger partial charge in [-0.15, -0.1) is 0 Å². The number of aryl methyl sites for hydroxylation is 1. The van der Waals surface area contributed by atoms with Gasteiger partial charge in [-0.05, 0) is 25.7 Å². The van der Waals surface area contributed by atoms with E-state index in [1.807, 2.05) is 9.80 Å². The van der Waals surface area contributed by atoms with Gasteiger partial charge in [-0.1, -0.05) is 0 Å². The molecule has 1 aromatic heterocycles. The zero-order valence-electron chi connectivity index (χ0n) is 14.7. The van der Waals surface area contributed by atoms with E-state index < -0.39 is 0 Å². The quantitative estimate of drug-likeness (QED) is 0.749. The van der Waals surface area contributed by atoms with Crippen molar-refractivity contribution in [1.82, 2.24) is 25.1 Å². The Bertz CT molecular complexity index is 636. The number of carbonyl (C=O) groups is 1. The van der Waals surface area contributed by atoms with Crippen LogP contribution >= 0.6 is 0 Å². The molecule has 25 heavy (non-hydrogen) atoms. The summed E-state index contributed by atoms with van der Waals surface area (Å²) < 4.78 is 0. The van der Waals surface area contributed by atoms with Gasteiger partial charge in [0.25, 0.3) is 0 Å². The van der Waals surface area contributed by atoms with Crippen molar-refractivity contribution < 1.29 is 4.79 Å². The van der Waals surface area contributed by atoms with Crippen molar-refractivity contribution in [3.05, 3.63) is 11.3 Å². The SMILES string of the molecule is Nc1nc2c(c(N3CCN(C(=O)N4CCNCC4)CC3)n1)CCCC2. The molecule has 1 aromatic rings. The van der Waals surface area contributed by atoms with Crippen molar-refractivity contribution in [2.45, 2.75) is 25.7 Å². The first kappa shape index (κ1) is 16.4. The molecule has 3 N–H and O–H groups in total. The van der Waals surface area contributed by atoms with Gasteiger partial charge < -0.3 is 25.8 Å². The van der Waals surface area contributed by atoms with E-state index in [4.69, 9.17) is 5.73 Å². The number of amides is 2. The smallest absolute Gasteiger partial charge is 0.320 e. The third-order valence-electron chi connectivity index (χ3n) is 5.42. The second-order valence-corrected chi connectivity index (χ2v) is 7.03. The van der Waals surface area contributed by atoms with Crippen LogP contribution in [0.25, 0.3) is 0 Å². The zero-order valence-corrected chi connectivity index (χ0v) is 14.7. The van der Waals surface area contributed by atoms with E-state index >= 15 is 0 Å². The summed E-state index contributed by atoms with van der Waals surface area (Å²) in [7, 11) is 0. The Morgan fingerprint density at radius 1 is 0.920 bits per heavy atom. The minimum absolute atomic E-state index is 0.172. The molecule has 8 heteroatoms. The van der Waals surface area contributed by atoms with Crippen LogP contribution in [0.3, 0.4) is 0 Å². The van der Waals surface area contributed by atoms with E-state index in [2.05, 4.69) is 20.2 Å². The van der Waals surface area contributed by atoms with Crippen molar-refractivity contribution in [3.8, 4) is 0 Å². The average molecular weight is 345 g/mol. The lowest BCUT2D eigenvalue weighted by atomic mass is 9.96. The summed E-state index contributed by atoms with van der Waals surface area (Å²) in [6.45, 7) is 6.46. The molecule has 0 aromatic carbocycles. The maximum absolute atomic E-state index is 12.6. The molecule has 4 rings (SSSR count). The summed E-state index contributed by atoms with van der Waals surface area (Å²) in [6.07, 6.45) is 4.39. The van der Waals surface area contributed by atoms with E-state index in [-0.39, 0.29) is 6.03 Å². The number of nitrogens with two attached hydrogens (primary N) is 1. The Labute approximate surface area is 148 Å². The number of nitrogens with one attached hydrogen (secondary N) is 1. The van der Waals surface area contributed by atoms with E-state index in [0.29, 0.717) is 5.95 Å². The van der Waals surface area contributed by atoms with Gasteiger partial charge in [0.1, 0.15) is 5.82 Å². The molecule has 0 spiro atoms. The Balaban J connectivity index is 1.44. The molecule has 2 fully saturated rings. The minimum atomic E-state index is 0.172. The third-order valence-corrected chi connectivity index (χ3v) is 5.42. The van der Waals surface area contributed by atoms with E-state index in [1.165, 1.54) is 18.4 Å². The molecule has 8 nitrogen and oxygen atoms in total. The van der Waals surface area contributed by atoms with Crippen LogP contribution in [-0.2, 0) is 12.8 Å². The molecular weight excluding hydrogens is 318 g/mol. The normalized spacial score (nSPS) is 21.2. The lowest BCUT2D eigenvalue weighted by Crippen LogP contribution is -2.56. The first-order valence-corrected chi connectivity index (χ1v) is 9.37. The summed E-state index contributed by atoms with van der Waals surface area (Å²) in [4.78, 5) is 27.8. The number of carbonyl (C=O) groups excluding carboxylic acids is 1. The van der Waals surface area contributed by atoms with Crippen molar-refractivity contribution in [3.63, 3.8) is 0 Å². The fraction of sp³-hybridized carbons (Fsp3) is 0.706. The zero-order chi connectivity index (χ0) is 17.2. The lowest BCUT2D eigenvalue weighted by Gasteiger charge is -2.39. The number of aromatic nitrogens is 2. The largest absolute Gasteiger partial charge is 0.368 e. The van der Waals surface area contributed by atoms with Crippen LogP contribution in [0.1, 0.15) is 24.1 Å². The van der Waals surface area contributed by atoms with Crippen LogP contribution in [0, 0.1) is 0 Å². The molecule has 2 saturated heterocycles. The molecular formula is C17H27N7O. The molecule has 2 amide bonds. The Hall–Kier alpha value is -2.09. The summed E-state index contributed by atoms with van der Waals surface area (Å²) >= 11 is 0. The number of nitrogens with zero attached hydrogens (tertiary/aromatic N) is 5. The molecule has 0 saturated carbocycles. The number of anilines is 2. The number of hydrogen-bond acceptors (Lipinski definition) is 6. The van der Waals surface area contributed by atoms with Gasteiger partial charge in [-0.2, -0.15) is 4.98 Å². The maximum Gasteiger partial charge on any atom is 0.320 e. The Kier molecular flexibility index (Phi) is 4.61. The topological polar surface area (TPSA) is 90.6 Å². The van der Waals surface area contributed by atoms with E-state index in [1.54, 1.807) is 0 Å². The molecule has 2 aliphatic heterocycles. The van der Waals surface area contributed by atoms with Gasteiger partial charge >= 0.3 is 6.03 Å². The highest BCUT2D eigenvalue weighted by Gasteiger charge is 2.28. The second-order valence-electron chi connectivity index (χ2n) is 7.03. The molecule has 3 heterocycles. The number of piperazine rings is 2. The van der Waals surface area contributed by atoms with Gasteiger partial charge in [0.15, 0.2) is 0 Å². The number of nitrogen functional groups attached to an aromatic ring is 1. The monoisotopic (exact) mass is 345 g/mol. The van der Waals surface area contributed by atoms with E-state index in [9.17, 15) is 4.79 Å². The predicted molar refractivity (Wildman–Crippen MR) is 96.7 cm³/mol. The van der Waals surface area contributed by atoms with Crippen LogP contribution in [0.5, 0.6) is 0 Å². The number of hydrogen-bond donors (Lipinski definition) is 2. The summed E-state index contributed by atoms with van der Waals surface area (Å²) in [6, 6.07) is 0.172. The number of urea groups is 1. The fourth-order valence-corrected chi connectivity index (χ4v) is 4.02. The Morgan fingerprint density at radius 2 is 1.60 bits per heavy atom. The lowest BCUT2D eigenvalue weighted by molar-refractivity contribution is 0.144. The summed E-state index contributed by atoms with van der Waals surface area (Å²) in [5, 5.41) is 3.29. The molecule has 0 atom stereocenters. The van der Waals surface area contributed by atoms with Crippen LogP contribution in [0.2, 0.25) is 0 Å². The van der Waals surface area contributed by atoms with Crippen molar-refractivity contribution in [2.24, 2.45) is 0 Å². The number of rotatable bonds is 1. The summed E-state index contributed by atoms with van der Waals surface area (Å²) in [5.41, 5.74) is 8.32. The fourth-order valence-electron chi connectivity index (χ4n) is 4.02. The first-order valence-electron chi connectivity index (χ1n) is 9.37. The molecule has 0 radical (unpaired) electrons. The molecule has 136 valence electrons. The maximum atomic E-state index is 12.6. The molecule has 0 unspecified atom stereocenters. The summed E-state index contributed by atoms with van der Waals surface area (Å²) in [5.74, 6) is 1.37. The van der Waals surface area contributed by atoms with Gasteiger partial charge in [-0.25, -0.2) is 9.78 Å². The highest BCUT2D eigenvalue weighted by atomic mass is 16.2. The number of fused-ring (bicyclic) bond motifs is 1. The van der Waals surface area contributed by atoms with Gasteiger partial charge in [0.2, 0.25) is 5.95 Å². The molecule has 3 aliphatic rings. The van der Waals surface area contributed by atoms with E-state index in [0.717, 1.165) is 76.7 Å². The van der Waals surface area contributed by atoms with Crippen LogP contribution in [0.4, 0.5) is 16.6 Å². The second kappa shape index (κ2) is 7.03. The highest BCUT2D eigenvalue weighted by Crippen LogP contribution is 2.29. The van der Waals surface area contributed by atoms with Crippen molar-refractivity contribution in [2.75, 3.05) is 63.0 Å². The van der Waals surface area contributed by atoms with Gasteiger partial charge in [0.05, 0.1) is 5.69 Å². The van der Waals surface area contributed by atoms with Crippen LogP contribution in [0.15, 0.2) is 0 Å². The standard InChI is InChI=1S/C17H27N7O/c18-16-20-14-4-2-1-3-13(14)15(21-16)22-9-11-24(12-10-22)17(25)23-7-5-19-6-8-23/h19H,1-12H2,(H2,18,20,21). The van der Waals surface area contributed by atoms with Gasteiger partial charge in [-0.3, -0.25) is 0 Å². The van der Waals surface area contributed by atoms with Crippen molar-refractivity contribution >= 4 is 17.8 Å². The molecule has 0 bridgehead atoms.